The number of primary amides is 1. The molecule has 0 radical (unpaired) electrons. The van der Waals surface area contributed by atoms with Gasteiger partial charge in [0.25, 0.3) is 0 Å². The van der Waals surface area contributed by atoms with Crippen molar-refractivity contribution in [1.82, 2.24) is 10.5 Å². The van der Waals surface area contributed by atoms with E-state index in [4.69, 9.17) is 16.3 Å². The van der Waals surface area contributed by atoms with Crippen LogP contribution in [-0.4, -0.2) is 24.0 Å². The van der Waals surface area contributed by atoms with Gasteiger partial charge in [-0.05, 0) is 11.6 Å². The molecule has 0 bridgehead atoms. The van der Waals surface area contributed by atoms with Crippen LogP contribution >= 0.6 is 0 Å². The van der Waals surface area contributed by atoms with E-state index in [1.165, 1.54) is 12.3 Å². The third-order valence-corrected chi connectivity index (χ3v) is 3.14. The van der Waals surface area contributed by atoms with Crippen molar-refractivity contribution in [3.8, 4) is 0 Å². The molecule has 1 aromatic carbocycles. The van der Waals surface area contributed by atoms with Crippen LogP contribution in [0.5, 0.6) is 0 Å². The third-order valence-electron chi connectivity index (χ3n) is 3.14. The van der Waals surface area contributed by atoms with E-state index in [1.54, 1.807) is 0 Å². The lowest BCUT2D eigenvalue weighted by Gasteiger charge is -2.07. The highest BCUT2D eigenvalue weighted by Crippen LogP contribution is 2.15. The van der Waals surface area contributed by atoms with E-state index in [2.05, 4.69) is 15.8 Å². The molecule has 2 rings (SSSR count). The van der Waals surface area contributed by atoms with Gasteiger partial charge in [0.05, 0.1) is 17.9 Å². The maximum absolute atomic E-state index is 11.0. The molecule has 0 saturated heterocycles. The normalized spacial score (nSPS) is 10.8. The number of carbonyl (C=O) groups is 1. The Bertz CT molecular complexity index is 689. The molecule has 24 heavy (non-hydrogen) atoms. The Morgan fingerprint density at radius 2 is 1.96 bits per heavy atom. The fourth-order valence-corrected chi connectivity index (χ4v) is 1.90. The molecule has 0 fully saturated rings. The Morgan fingerprint density at radius 3 is 2.67 bits per heavy atom. The zero-order valence-corrected chi connectivity index (χ0v) is 13.2. The van der Waals surface area contributed by atoms with Gasteiger partial charge in [0, 0.05) is 19.3 Å². The van der Waals surface area contributed by atoms with Gasteiger partial charge < -0.3 is 16.8 Å². The number of rotatable bonds is 9. The number of nitrogen functional groups attached to an aromatic ring is 1. The van der Waals surface area contributed by atoms with Crippen molar-refractivity contribution in [2.45, 2.75) is 6.61 Å². The van der Waals surface area contributed by atoms with Crippen molar-refractivity contribution in [2.24, 2.45) is 5.73 Å². The first-order chi connectivity index (χ1) is 11.7. The van der Waals surface area contributed by atoms with Gasteiger partial charge >= 0.3 is 0 Å². The average Bonchev–Trinajstić information content (AvgIpc) is 2.59. The predicted octanol–water partition coefficient (Wildman–Crippen LogP) is 1.45. The van der Waals surface area contributed by atoms with Gasteiger partial charge in [-0.15, -0.1) is 0 Å². The van der Waals surface area contributed by atoms with E-state index in [1.807, 2.05) is 42.5 Å². The Kier molecular flexibility index (Phi) is 6.75. The fraction of sp³-hybridized carbons (Fsp3) is 0.176. The molecule has 0 spiro atoms. The van der Waals surface area contributed by atoms with Crippen molar-refractivity contribution in [1.29, 1.82) is 0 Å². The summed E-state index contributed by atoms with van der Waals surface area (Å²) in [5.41, 5.74) is 15.6. The molecule has 7 heteroatoms. The summed E-state index contributed by atoms with van der Waals surface area (Å²) in [5.74, 6) is -0.0415. The first kappa shape index (κ1) is 17.5. The molecule has 6 N–H and O–H groups in total. The molecule has 0 aliphatic heterocycles. The van der Waals surface area contributed by atoms with Crippen LogP contribution in [0.4, 0.5) is 11.5 Å². The van der Waals surface area contributed by atoms with Crippen molar-refractivity contribution in [2.75, 3.05) is 24.1 Å². The highest BCUT2D eigenvalue weighted by Gasteiger charge is 2.05. The Hall–Kier alpha value is -2.90. The number of amides is 1. The van der Waals surface area contributed by atoms with Crippen molar-refractivity contribution < 1.29 is 9.63 Å². The highest BCUT2D eigenvalue weighted by molar-refractivity contribution is 5.94. The van der Waals surface area contributed by atoms with E-state index in [-0.39, 0.29) is 5.56 Å². The number of hydrogen-bond acceptors (Lipinski definition) is 6. The summed E-state index contributed by atoms with van der Waals surface area (Å²) < 4.78 is 0. The van der Waals surface area contributed by atoms with Crippen LogP contribution in [-0.2, 0) is 11.4 Å². The molecular weight excluding hydrogens is 306 g/mol. The SMILES string of the molecule is NC(=O)c1cnc(NC/C=C/CNOCc2ccccc2)c(N)c1. The lowest BCUT2D eigenvalue weighted by Crippen LogP contribution is -2.14. The van der Waals surface area contributed by atoms with Gasteiger partial charge in [-0.2, -0.15) is 5.48 Å². The van der Waals surface area contributed by atoms with Gasteiger partial charge in [-0.3, -0.25) is 9.63 Å². The summed E-state index contributed by atoms with van der Waals surface area (Å²) in [6.45, 7) is 1.64. The van der Waals surface area contributed by atoms with E-state index >= 15 is 0 Å². The number of benzene rings is 1. The maximum Gasteiger partial charge on any atom is 0.250 e. The summed E-state index contributed by atoms with van der Waals surface area (Å²) in [6, 6.07) is 11.4. The standard InChI is InChI=1S/C17H21N5O2/c18-15-10-14(16(19)23)11-21-17(15)20-8-4-5-9-22-24-12-13-6-2-1-3-7-13/h1-7,10-11,22H,8-9,12,18H2,(H2,19,23)(H,20,21)/b5-4+. The number of pyridine rings is 1. The number of anilines is 2. The Labute approximate surface area is 140 Å². The van der Waals surface area contributed by atoms with Gasteiger partial charge in [0.1, 0.15) is 5.82 Å². The molecule has 1 aromatic heterocycles. The van der Waals surface area contributed by atoms with Gasteiger partial charge in [-0.1, -0.05) is 42.5 Å². The predicted molar refractivity (Wildman–Crippen MR) is 94.0 cm³/mol. The van der Waals surface area contributed by atoms with Crippen molar-refractivity contribution in [3.05, 3.63) is 65.9 Å². The summed E-state index contributed by atoms with van der Waals surface area (Å²) in [7, 11) is 0. The summed E-state index contributed by atoms with van der Waals surface area (Å²) in [6.07, 6.45) is 5.23. The summed E-state index contributed by atoms with van der Waals surface area (Å²) in [4.78, 5) is 20.4. The Balaban J connectivity index is 1.63. The van der Waals surface area contributed by atoms with E-state index in [9.17, 15) is 4.79 Å². The molecule has 7 nitrogen and oxygen atoms in total. The zero-order chi connectivity index (χ0) is 17.2. The van der Waals surface area contributed by atoms with Crippen LogP contribution in [0.3, 0.4) is 0 Å². The molecule has 0 aliphatic carbocycles. The van der Waals surface area contributed by atoms with E-state index < -0.39 is 5.91 Å². The van der Waals surface area contributed by atoms with Crippen LogP contribution in [0, 0.1) is 0 Å². The minimum atomic E-state index is -0.553. The lowest BCUT2D eigenvalue weighted by atomic mass is 10.2. The molecule has 1 amide bonds. The molecule has 0 atom stereocenters. The molecule has 2 aromatic rings. The van der Waals surface area contributed by atoms with Gasteiger partial charge in [0.15, 0.2) is 0 Å². The average molecular weight is 327 g/mol. The number of hydrogen-bond donors (Lipinski definition) is 4. The number of nitrogens with one attached hydrogen (secondary N) is 2. The number of nitrogens with two attached hydrogens (primary N) is 2. The summed E-state index contributed by atoms with van der Waals surface area (Å²) >= 11 is 0. The molecule has 126 valence electrons. The van der Waals surface area contributed by atoms with Crippen LogP contribution < -0.4 is 22.3 Å². The molecule has 0 saturated carbocycles. The van der Waals surface area contributed by atoms with Crippen LogP contribution in [0.2, 0.25) is 0 Å². The molecule has 0 aliphatic rings. The quantitative estimate of drug-likeness (QED) is 0.315. The van der Waals surface area contributed by atoms with Crippen LogP contribution in [0.25, 0.3) is 0 Å². The second-order valence-corrected chi connectivity index (χ2v) is 5.00. The van der Waals surface area contributed by atoms with E-state index in [0.29, 0.717) is 31.2 Å². The fourth-order valence-electron chi connectivity index (χ4n) is 1.90. The van der Waals surface area contributed by atoms with E-state index in [0.717, 1.165) is 5.56 Å². The largest absolute Gasteiger partial charge is 0.396 e. The monoisotopic (exact) mass is 327 g/mol. The topological polar surface area (TPSA) is 115 Å². The minimum absolute atomic E-state index is 0.286. The number of aromatic nitrogens is 1. The number of nitrogens with zero attached hydrogens (tertiary/aromatic N) is 1. The first-order valence-corrected chi connectivity index (χ1v) is 7.49. The molecule has 0 unspecified atom stereocenters. The smallest absolute Gasteiger partial charge is 0.250 e. The molecule has 1 heterocycles. The molecular formula is C17H21N5O2. The lowest BCUT2D eigenvalue weighted by molar-refractivity contribution is 0.0351. The summed E-state index contributed by atoms with van der Waals surface area (Å²) in [5, 5.41) is 3.05. The van der Waals surface area contributed by atoms with Crippen LogP contribution in [0.15, 0.2) is 54.7 Å². The maximum atomic E-state index is 11.0. The third kappa shape index (κ3) is 5.71. The van der Waals surface area contributed by atoms with Crippen molar-refractivity contribution in [3.63, 3.8) is 0 Å². The van der Waals surface area contributed by atoms with Crippen molar-refractivity contribution >= 4 is 17.4 Å². The number of carbonyl (C=O) groups excluding carboxylic acids is 1. The second-order valence-electron chi connectivity index (χ2n) is 5.00. The number of hydroxylamine groups is 1. The van der Waals surface area contributed by atoms with Crippen LogP contribution in [0.1, 0.15) is 15.9 Å². The Morgan fingerprint density at radius 1 is 1.21 bits per heavy atom. The van der Waals surface area contributed by atoms with Gasteiger partial charge in [-0.25, -0.2) is 4.98 Å². The van der Waals surface area contributed by atoms with Gasteiger partial charge in [0.2, 0.25) is 5.91 Å². The highest BCUT2D eigenvalue weighted by atomic mass is 16.6. The second kappa shape index (κ2) is 9.29. The first-order valence-electron chi connectivity index (χ1n) is 7.49. The zero-order valence-electron chi connectivity index (χ0n) is 13.2. The minimum Gasteiger partial charge on any atom is -0.396 e.